The molecule has 142 valence electrons. The maximum Gasteiger partial charge on any atom is 0.178 e. The van der Waals surface area contributed by atoms with Gasteiger partial charge in [0.25, 0.3) is 0 Å². The van der Waals surface area contributed by atoms with Crippen molar-refractivity contribution in [2.45, 2.75) is 25.4 Å². The van der Waals surface area contributed by atoms with Crippen molar-refractivity contribution in [3.63, 3.8) is 0 Å². The SMILES string of the molecule is CCOc1cc(-c2ccc(N3C4CNCC3C4)nc2)c2c3cn[nH]c3nn2c1. The van der Waals surface area contributed by atoms with Gasteiger partial charge in [0.2, 0.25) is 0 Å². The topological polar surface area (TPSA) is 83.4 Å². The predicted molar refractivity (Wildman–Crippen MR) is 107 cm³/mol. The maximum absolute atomic E-state index is 5.77. The number of piperazine rings is 1. The first kappa shape index (κ1) is 15.9. The number of piperidine rings is 1. The van der Waals surface area contributed by atoms with Crippen molar-refractivity contribution in [1.29, 1.82) is 0 Å². The summed E-state index contributed by atoms with van der Waals surface area (Å²) in [4.78, 5) is 7.24. The molecule has 2 atom stereocenters. The van der Waals surface area contributed by atoms with Crippen molar-refractivity contribution < 1.29 is 4.74 Å². The standard InChI is InChI=1S/C20H21N7O/c1-2-28-15-6-16(19-17-10-23-24-20(17)25-26(19)11-15)12-3-4-18(22-7-12)27-13-5-14(27)9-21-8-13/h3-4,6-7,10-11,13-14,21H,2,5,8-9H2,1H3,(H,24,25). The quantitative estimate of drug-likeness (QED) is 0.569. The van der Waals surface area contributed by atoms with Crippen LogP contribution >= 0.6 is 0 Å². The third kappa shape index (κ3) is 2.24. The van der Waals surface area contributed by atoms with Crippen molar-refractivity contribution >= 4 is 22.4 Å². The van der Waals surface area contributed by atoms with Crippen LogP contribution in [0.4, 0.5) is 5.82 Å². The number of fused-ring (bicyclic) bond motifs is 5. The third-order valence-electron chi connectivity index (χ3n) is 5.83. The van der Waals surface area contributed by atoms with Gasteiger partial charge < -0.3 is 15.0 Å². The Labute approximate surface area is 161 Å². The number of rotatable bonds is 4. The number of nitrogens with one attached hydrogen (secondary N) is 2. The van der Waals surface area contributed by atoms with Crippen LogP contribution in [0.2, 0.25) is 0 Å². The summed E-state index contributed by atoms with van der Waals surface area (Å²) in [7, 11) is 0. The molecule has 0 saturated carbocycles. The predicted octanol–water partition coefficient (Wildman–Crippen LogP) is 2.22. The van der Waals surface area contributed by atoms with Gasteiger partial charge in [0, 0.05) is 42.5 Å². The van der Waals surface area contributed by atoms with Crippen LogP contribution in [-0.2, 0) is 0 Å². The minimum absolute atomic E-state index is 0.575. The highest BCUT2D eigenvalue weighted by atomic mass is 16.5. The average Bonchev–Trinajstić information content (AvgIpc) is 3.30. The second kappa shape index (κ2) is 5.93. The van der Waals surface area contributed by atoms with Crippen LogP contribution in [0.1, 0.15) is 13.3 Å². The fourth-order valence-electron chi connectivity index (χ4n) is 4.56. The van der Waals surface area contributed by atoms with E-state index in [4.69, 9.17) is 9.72 Å². The maximum atomic E-state index is 5.77. The van der Waals surface area contributed by atoms with E-state index in [-0.39, 0.29) is 0 Å². The van der Waals surface area contributed by atoms with Crippen LogP contribution in [0.15, 0.2) is 36.8 Å². The molecule has 2 aliphatic heterocycles. The Morgan fingerprint density at radius 1 is 1.21 bits per heavy atom. The molecular formula is C20H21N7O. The number of aromatic amines is 1. The first-order valence-electron chi connectivity index (χ1n) is 9.75. The summed E-state index contributed by atoms with van der Waals surface area (Å²) in [6.07, 6.45) is 6.95. The average molecular weight is 375 g/mol. The van der Waals surface area contributed by atoms with E-state index in [1.54, 1.807) is 0 Å². The number of pyridine rings is 2. The Morgan fingerprint density at radius 3 is 2.86 bits per heavy atom. The van der Waals surface area contributed by atoms with Gasteiger partial charge in [-0.15, -0.1) is 5.10 Å². The molecule has 0 aliphatic carbocycles. The molecule has 8 nitrogen and oxygen atoms in total. The van der Waals surface area contributed by atoms with Crippen LogP contribution in [0.25, 0.3) is 27.7 Å². The van der Waals surface area contributed by atoms with Gasteiger partial charge in [-0.2, -0.15) is 5.10 Å². The van der Waals surface area contributed by atoms with E-state index in [9.17, 15) is 0 Å². The molecule has 0 radical (unpaired) electrons. The van der Waals surface area contributed by atoms with Crippen LogP contribution < -0.4 is 15.0 Å². The van der Waals surface area contributed by atoms with Gasteiger partial charge in [-0.05, 0) is 31.5 Å². The molecule has 8 heteroatoms. The van der Waals surface area contributed by atoms with Gasteiger partial charge in [-0.1, -0.05) is 0 Å². The molecule has 2 saturated heterocycles. The van der Waals surface area contributed by atoms with Gasteiger partial charge in [0.1, 0.15) is 11.6 Å². The van der Waals surface area contributed by atoms with Crippen LogP contribution in [0.5, 0.6) is 5.75 Å². The molecule has 2 unspecified atom stereocenters. The zero-order valence-corrected chi connectivity index (χ0v) is 15.6. The van der Waals surface area contributed by atoms with E-state index >= 15 is 0 Å². The molecule has 6 rings (SSSR count). The van der Waals surface area contributed by atoms with Gasteiger partial charge in [0.05, 0.1) is 29.9 Å². The number of nitrogens with zero attached hydrogens (tertiary/aromatic N) is 5. The lowest BCUT2D eigenvalue weighted by molar-refractivity contribution is 0.260. The molecule has 4 aromatic rings. The second-order valence-corrected chi connectivity index (χ2v) is 7.46. The highest BCUT2D eigenvalue weighted by Gasteiger charge is 2.41. The Hall–Kier alpha value is -3.13. The first-order valence-corrected chi connectivity index (χ1v) is 9.75. The lowest BCUT2D eigenvalue weighted by Gasteiger charge is -2.53. The Balaban J connectivity index is 1.46. The minimum atomic E-state index is 0.575. The van der Waals surface area contributed by atoms with Crippen molar-refractivity contribution in [3.8, 4) is 16.9 Å². The van der Waals surface area contributed by atoms with Gasteiger partial charge in [0.15, 0.2) is 5.65 Å². The van der Waals surface area contributed by atoms with E-state index in [2.05, 4.69) is 43.7 Å². The highest BCUT2D eigenvalue weighted by Crippen LogP contribution is 2.36. The number of H-pyrrole nitrogens is 1. The van der Waals surface area contributed by atoms with E-state index in [1.165, 1.54) is 6.42 Å². The molecule has 2 fully saturated rings. The summed E-state index contributed by atoms with van der Waals surface area (Å²) >= 11 is 0. The largest absolute Gasteiger partial charge is 0.492 e. The number of aromatic nitrogens is 5. The normalized spacial score (nSPS) is 21.2. The van der Waals surface area contributed by atoms with Crippen LogP contribution in [-0.4, -0.2) is 56.6 Å². The number of ether oxygens (including phenoxy) is 1. The first-order chi connectivity index (χ1) is 13.8. The second-order valence-electron chi connectivity index (χ2n) is 7.46. The number of hydrogen-bond acceptors (Lipinski definition) is 6. The van der Waals surface area contributed by atoms with E-state index in [0.29, 0.717) is 18.7 Å². The van der Waals surface area contributed by atoms with E-state index < -0.39 is 0 Å². The number of hydrogen-bond donors (Lipinski definition) is 2. The zero-order valence-electron chi connectivity index (χ0n) is 15.6. The molecule has 2 aliphatic rings. The summed E-state index contributed by atoms with van der Waals surface area (Å²) in [5.74, 6) is 1.85. The fourth-order valence-corrected chi connectivity index (χ4v) is 4.56. The molecule has 6 heterocycles. The summed E-state index contributed by atoms with van der Waals surface area (Å²) in [5.41, 5.74) is 3.86. The zero-order chi connectivity index (χ0) is 18.7. The molecule has 2 N–H and O–H groups in total. The molecule has 4 aromatic heterocycles. The molecule has 28 heavy (non-hydrogen) atoms. The van der Waals surface area contributed by atoms with Crippen molar-refractivity contribution in [1.82, 2.24) is 30.1 Å². The molecule has 0 amide bonds. The van der Waals surface area contributed by atoms with Crippen LogP contribution in [0.3, 0.4) is 0 Å². The smallest absolute Gasteiger partial charge is 0.178 e. The third-order valence-corrected chi connectivity index (χ3v) is 5.83. The van der Waals surface area contributed by atoms with Crippen LogP contribution in [0, 0.1) is 0 Å². The minimum Gasteiger partial charge on any atom is -0.492 e. The Kier molecular flexibility index (Phi) is 3.37. The molecule has 0 aromatic carbocycles. The lowest BCUT2D eigenvalue weighted by Crippen LogP contribution is -2.68. The molecule has 0 spiro atoms. The summed E-state index contributed by atoms with van der Waals surface area (Å²) in [5, 5.41) is 16.1. The van der Waals surface area contributed by atoms with E-state index in [1.807, 2.05) is 30.0 Å². The summed E-state index contributed by atoms with van der Waals surface area (Å²) in [6.45, 7) is 4.68. The molecular weight excluding hydrogens is 354 g/mol. The van der Waals surface area contributed by atoms with E-state index in [0.717, 1.165) is 52.3 Å². The Morgan fingerprint density at radius 2 is 2.11 bits per heavy atom. The summed E-state index contributed by atoms with van der Waals surface area (Å²) < 4.78 is 7.63. The van der Waals surface area contributed by atoms with Crippen molar-refractivity contribution in [3.05, 3.63) is 36.8 Å². The van der Waals surface area contributed by atoms with Gasteiger partial charge in [-0.3, -0.25) is 5.10 Å². The van der Waals surface area contributed by atoms with Crippen molar-refractivity contribution in [2.24, 2.45) is 0 Å². The summed E-state index contributed by atoms with van der Waals surface area (Å²) in [6, 6.07) is 7.49. The van der Waals surface area contributed by atoms with Gasteiger partial charge >= 0.3 is 0 Å². The fraction of sp³-hybridized carbons (Fsp3) is 0.350. The monoisotopic (exact) mass is 375 g/mol. The molecule has 2 bridgehead atoms. The Bertz CT molecular complexity index is 1150. The highest BCUT2D eigenvalue weighted by molar-refractivity contribution is 6.00. The lowest BCUT2D eigenvalue weighted by atomic mass is 9.89. The van der Waals surface area contributed by atoms with Crippen molar-refractivity contribution in [2.75, 3.05) is 24.6 Å². The number of anilines is 1. The van der Waals surface area contributed by atoms with Gasteiger partial charge in [-0.25, -0.2) is 9.50 Å².